The first-order valence-corrected chi connectivity index (χ1v) is 6.82. The molecular weight excluding hydrogens is 285 g/mol. The lowest BCUT2D eigenvalue weighted by atomic mass is 10.1. The quantitative estimate of drug-likeness (QED) is 0.760. The van der Waals surface area contributed by atoms with Crippen LogP contribution in [0.4, 0.5) is 22.0 Å². The molecule has 1 N–H and O–H groups in total. The fourth-order valence-corrected chi connectivity index (χ4v) is 2.67. The van der Waals surface area contributed by atoms with E-state index in [4.69, 9.17) is 0 Å². The molecule has 0 saturated carbocycles. The predicted molar refractivity (Wildman–Crippen MR) is 65.7 cm³/mol. The molecule has 0 spiro atoms. The minimum absolute atomic E-state index is 0.0209. The van der Waals surface area contributed by atoms with Crippen LogP contribution in [-0.2, 0) is 6.42 Å². The summed E-state index contributed by atoms with van der Waals surface area (Å²) in [6, 6.07) is 0.918. The van der Waals surface area contributed by atoms with E-state index in [2.05, 4.69) is 5.32 Å². The molecule has 1 unspecified atom stereocenters. The lowest BCUT2D eigenvalue weighted by Gasteiger charge is -2.28. The highest BCUT2D eigenvalue weighted by molar-refractivity contribution is 7.12. The van der Waals surface area contributed by atoms with Crippen molar-refractivity contribution in [3.63, 3.8) is 0 Å². The zero-order valence-corrected chi connectivity index (χ0v) is 11.5. The van der Waals surface area contributed by atoms with E-state index in [1.807, 2.05) is 6.92 Å². The number of thiophene rings is 1. The van der Waals surface area contributed by atoms with Crippen LogP contribution in [0.15, 0.2) is 12.1 Å². The molecule has 1 aromatic heterocycles. The van der Waals surface area contributed by atoms with Crippen LogP contribution in [0.3, 0.4) is 0 Å². The van der Waals surface area contributed by atoms with Gasteiger partial charge in [-0.25, -0.2) is 0 Å². The summed E-state index contributed by atoms with van der Waals surface area (Å²) in [7, 11) is 0. The third-order valence-electron chi connectivity index (χ3n) is 2.65. The summed E-state index contributed by atoms with van der Waals surface area (Å²) in [4.78, 5) is 0.809. The maximum Gasteiger partial charge on any atom is 0.455 e. The molecule has 0 aliphatic rings. The van der Waals surface area contributed by atoms with E-state index in [0.29, 0.717) is 12.8 Å². The number of hydrogen-bond donors (Lipinski definition) is 1. The third kappa shape index (κ3) is 3.66. The smallest absolute Gasteiger partial charge is 0.304 e. The summed E-state index contributed by atoms with van der Waals surface area (Å²) in [5.41, 5.74) is 0. The summed E-state index contributed by atoms with van der Waals surface area (Å²) in [5.74, 6) is -4.78. The van der Waals surface area contributed by atoms with Crippen LogP contribution in [-0.4, -0.2) is 18.6 Å². The van der Waals surface area contributed by atoms with Crippen molar-refractivity contribution in [2.45, 2.75) is 44.8 Å². The van der Waals surface area contributed by atoms with Gasteiger partial charge in [0.2, 0.25) is 0 Å². The van der Waals surface area contributed by atoms with Crippen molar-refractivity contribution in [1.82, 2.24) is 5.32 Å². The Kier molecular flexibility index (Phi) is 5.32. The van der Waals surface area contributed by atoms with Gasteiger partial charge in [-0.15, -0.1) is 11.3 Å². The first-order chi connectivity index (χ1) is 8.74. The zero-order chi connectivity index (χ0) is 14.7. The molecule has 19 heavy (non-hydrogen) atoms. The van der Waals surface area contributed by atoms with Crippen LogP contribution in [0.25, 0.3) is 0 Å². The van der Waals surface area contributed by atoms with Crippen molar-refractivity contribution >= 4 is 11.3 Å². The molecule has 0 saturated heterocycles. The number of rotatable bonds is 6. The van der Waals surface area contributed by atoms with Crippen molar-refractivity contribution in [2.75, 3.05) is 6.54 Å². The predicted octanol–water partition coefficient (Wildman–Crippen LogP) is 4.55. The standard InChI is InChI=1S/C12H16F5NS/c1-3-7-18-10(11(13,14)12(15,16)17)9-6-5-8(4-2)19-9/h5-6,10,18H,3-4,7H2,1-2H3. The Balaban J connectivity index is 3.07. The molecule has 1 heterocycles. The molecule has 0 aliphatic heterocycles. The molecule has 7 heteroatoms. The van der Waals surface area contributed by atoms with Gasteiger partial charge < -0.3 is 5.32 Å². The van der Waals surface area contributed by atoms with E-state index < -0.39 is 18.1 Å². The lowest BCUT2D eigenvalue weighted by molar-refractivity contribution is -0.294. The number of nitrogens with one attached hydrogen (secondary N) is 1. The largest absolute Gasteiger partial charge is 0.455 e. The van der Waals surface area contributed by atoms with Crippen LogP contribution in [0.5, 0.6) is 0 Å². The van der Waals surface area contributed by atoms with Gasteiger partial charge in [0, 0.05) is 9.75 Å². The van der Waals surface area contributed by atoms with E-state index >= 15 is 0 Å². The van der Waals surface area contributed by atoms with E-state index in [1.165, 1.54) is 6.07 Å². The average molecular weight is 301 g/mol. The summed E-state index contributed by atoms with van der Waals surface area (Å²) < 4.78 is 64.6. The number of halogens is 5. The number of hydrogen-bond acceptors (Lipinski definition) is 2. The Hall–Kier alpha value is -0.690. The van der Waals surface area contributed by atoms with Gasteiger partial charge in [-0.3, -0.25) is 0 Å². The molecule has 0 amide bonds. The first-order valence-electron chi connectivity index (χ1n) is 6.00. The van der Waals surface area contributed by atoms with E-state index in [0.717, 1.165) is 16.2 Å². The topological polar surface area (TPSA) is 12.0 Å². The molecule has 1 rings (SSSR count). The molecule has 1 atom stereocenters. The SMILES string of the molecule is CCCNC(c1ccc(CC)s1)C(F)(F)C(F)(F)F. The first kappa shape index (κ1) is 16.4. The van der Waals surface area contributed by atoms with Gasteiger partial charge in [-0.1, -0.05) is 13.8 Å². The summed E-state index contributed by atoms with van der Waals surface area (Å²) >= 11 is 0.992. The second kappa shape index (κ2) is 6.17. The van der Waals surface area contributed by atoms with Crippen LogP contribution in [0, 0.1) is 0 Å². The molecule has 0 radical (unpaired) electrons. The second-order valence-electron chi connectivity index (χ2n) is 4.17. The van der Waals surface area contributed by atoms with Gasteiger partial charge in [0.05, 0.1) is 0 Å². The fraction of sp³-hybridized carbons (Fsp3) is 0.667. The Morgan fingerprint density at radius 3 is 2.21 bits per heavy atom. The Morgan fingerprint density at radius 1 is 1.16 bits per heavy atom. The van der Waals surface area contributed by atoms with Crippen LogP contribution in [0.2, 0.25) is 0 Å². The molecular formula is C12H16F5NS. The number of aryl methyl sites for hydroxylation is 1. The third-order valence-corrected chi connectivity index (χ3v) is 3.95. The van der Waals surface area contributed by atoms with E-state index in [1.54, 1.807) is 13.0 Å². The minimum Gasteiger partial charge on any atom is -0.304 e. The zero-order valence-electron chi connectivity index (χ0n) is 10.7. The van der Waals surface area contributed by atoms with Gasteiger partial charge in [-0.2, -0.15) is 22.0 Å². The fourth-order valence-electron chi connectivity index (χ4n) is 1.60. The van der Waals surface area contributed by atoms with E-state index in [9.17, 15) is 22.0 Å². The highest BCUT2D eigenvalue weighted by Gasteiger charge is 2.62. The van der Waals surface area contributed by atoms with Crippen molar-refractivity contribution in [1.29, 1.82) is 0 Å². The van der Waals surface area contributed by atoms with Gasteiger partial charge in [0.25, 0.3) is 0 Å². The second-order valence-corrected chi connectivity index (χ2v) is 5.37. The summed E-state index contributed by atoms with van der Waals surface area (Å²) in [5, 5.41) is 2.31. The average Bonchev–Trinajstić information content (AvgIpc) is 2.76. The minimum atomic E-state index is -5.56. The van der Waals surface area contributed by atoms with Crippen LogP contribution >= 0.6 is 11.3 Å². The Bertz CT molecular complexity index is 399. The van der Waals surface area contributed by atoms with Gasteiger partial charge >= 0.3 is 12.1 Å². The van der Waals surface area contributed by atoms with Crippen LogP contribution < -0.4 is 5.32 Å². The van der Waals surface area contributed by atoms with Crippen molar-refractivity contribution < 1.29 is 22.0 Å². The molecule has 1 nitrogen and oxygen atoms in total. The summed E-state index contributed by atoms with van der Waals surface area (Å²) in [6.07, 6.45) is -4.46. The highest BCUT2D eigenvalue weighted by atomic mass is 32.1. The molecule has 0 aliphatic carbocycles. The van der Waals surface area contributed by atoms with Crippen molar-refractivity contribution in [3.05, 3.63) is 21.9 Å². The highest BCUT2D eigenvalue weighted by Crippen LogP contribution is 2.45. The van der Waals surface area contributed by atoms with Crippen LogP contribution in [0.1, 0.15) is 36.1 Å². The van der Waals surface area contributed by atoms with Gasteiger partial charge in [0.15, 0.2) is 0 Å². The Labute approximate surface area is 112 Å². The van der Waals surface area contributed by atoms with Crippen molar-refractivity contribution in [3.8, 4) is 0 Å². The molecule has 0 bridgehead atoms. The molecule has 1 aromatic rings. The molecule has 0 fully saturated rings. The molecule has 110 valence electrons. The lowest BCUT2D eigenvalue weighted by Crippen LogP contribution is -2.47. The molecule has 0 aromatic carbocycles. The Morgan fingerprint density at radius 2 is 1.79 bits per heavy atom. The maximum atomic E-state index is 13.5. The van der Waals surface area contributed by atoms with Crippen molar-refractivity contribution in [2.24, 2.45) is 0 Å². The maximum absolute atomic E-state index is 13.5. The summed E-state index contributed by atoms with van der Waals surface area (Å²) in [6.45, 7) is 3.64. The number of alkyl halides is 5. The van der Waals surface area contributed by atoms with Gasteiger partial charge in [0.1, 0.15) is 6.04 Å². The van der Waals surface area contributed by atoms with E-state index in [-0.39, 0.29) is 11.4 Å². The monoisotopic (exact) mass is 301 g/mol. The van der Waals surface area contributed by atoms with Gasteiger partial charge in [-0.05, 0) is 31.5 Å². The normalized spacial score (nSPS) is 14.7.